The molecule has 0 spiro atoms. The maximum Gasteiger partial charge on any atom is 0.243 e. The van der Waals surface area contributed by atoms with Crippen LogP contribution in [0.25, 0.3) is 10.6 Å². The average Bonchev–Trinajstić information content (AvgIpc) is 3.12. The molecule has 0 aliphatic carbocycles. The smallest absolute Gasteiger partial charge is 0.243 e. The number of hydrogen-bond acceptors (Lipinski definition) is 4. The standard InChI is InChI=1S/C22H23N3O2S/c1-14-7-9-17(10-8-14)22-24-18(13-28-22)11-19(26)23-12-20(27)25-21-15(2)5-4-6-16(21)3/h4-10,13H,11-12H2,1-3H3,(H,23,26)(H,25,27). The van der Waals surface area contributed by atoms with Gasteiger partial charge in [0.25, 0.3) is 0 Å². The second-order valence-corrected chi connectivity index (χ2v) is 7.64. The Balaban J connectivity index is 1.52. The molecule has 0 fully saturated rings. The second-order valence-electron chi connectivity index (χ2n) is 6.78. The van der Waals surface area contributed by atoms with E-state index in [0.717, 1.165) is 27.4 Å². The number of amides is 2. The molecular weight excluding hydrogens is 370 g/mol. The number of thiazole rings is 1. The Bertz CT molecular complexity index is 973. The Morgan fingerprint density at radius 2 is 1.64 bits per heavy atom. The maximum absolute atomic E-state index is 12.2. The van der Waals surface area contributed by atoms with Crippen molar-refractivity contribution in [3.63, 3.8) is 0 Å². The number of rotatable bonds is 6. The number of carbonyl (C=O) groups excluding carboxylic acids is 2. The molecule has 28 heavy (non-hydrogen) atoms. The molecule has 5 nitrogen and oxygen atoms in total. The highest BCUT2D eigenvalue weighted by Crippen LogP contribution is 2.24. The number of carbonyl (C=O) groups is 2. The van der Waals surface area contributed by atoms with Gasteiger partial charge in [-0.05, 0) is 31.9 Å². The van der Waals surface area contributed by atoms with Gasteiger partial charge in [-0.25, -0.2) is 4.98 Å². The van der Waals surface area contributed by atoms with Gasteiger partial charge in [0.1, 0.15) is 5.01 Å². The van der Waals surface area contributed by atoms with E-state index in [1.807, 2.05) is 68.6 Å². The Labute approximate surface area is 168 Å². The van der Waals surface area contributed by atoms with Crippen LogP contribution in [0.2, 0.25) is 0 Å². The third kappa shape index (κ3) is 5.04. The van der Waals surface area contributed by atoms with E-state index in [0.29, 0.717) is 5.69 Å². The van der Waals surface area contributed by atoms with Crippen LogP contribution in [0, 0.1) is 20.8 Å². The number of benzene rings is 2. The molecule has 1 heterocycles. The molecule has 0 saturated carbocycles. The number of para-hydroxylation sites is 1. The first-order valence-electron chi connectivity index (χ1n) is 9.06. The zero-order chi connectivity index (χ0) is 20.1. The average molecular weight is 394 g/mol. The molecule has 0 unspecified atom stereocenters. The van der Waals surface area contributed by atoms with Crippen molar-refractivity contribution >= 4 is 28.8 Å². The maximum atomic E-state index is 12.2. The minimum atomic E-state index is -0.246. The Kier molecular flexibility index (Phi) is 6.21. The first kappa shape index (κ1) is 19.8. The monoisotopic (exact) mass is 393 g/mol. The third-order valence-corrected chi connectivity index (χ3v) is 5.32. The van der Waals surface area contributed by atoms with Gasteiger partial charge < -0.3 is 10.6 Å². The second kappa shape index (κ2) is 8.80. The van der Waals surface area contributed by atoms with Gasteiger partial charge >= 0.3 is 0 Å². The first-order valence-corrected chi connectivity index (χ1v) is 9.94. The van der Waals surface area contributed by atoms with Crippen LogP contribution in [0.1, 0.15) is 22.4 Å². The summed E-state index contributed by atoms with van der Waals surface area (Å²) in [6.45, 7) is 5.85. The summed E-state index contributed by atoms with van der Waals surface area (Å²) in [6.07, 6.45) is 0.152. The lowest BCUT2D eigenvalue weighted by Gasteiger charge is -2.11. The number of aryl methyl sites for hydroxylation is 3. The lowest BCUT2D eigenvalue weighted by Crippen LogP contribution is -2.34. The number of anilines is 1. The van der Waals surface area contributed by atoms with E-state index in [4.69, 9.17) is 0 Å². The fraction of sp³-hybridized carbons (Fsp3) is 0.227. The van der Waals surface area contributed by atoms with Gasteiger partial charge in [0.05, 0.1) is 18.7 Å². The van der Waals surface area contributed by atoms with Crippen molar-refractivity contribution in [3.05, 3.63) is 70.2 Å². The van der Waals surface area contributed by atoms with Gasteiger partial charge in [-0.1, -0.05) is 48.0 Å². The molecular formula is C22H23N3O2S. The largest absolute Gasteiger partial charge is 0.347 e. The molecule has 144 valence electrons. The molecule has 0 saturated heterocycles. The molecule has 0 atom stereocenters. The predicted octanol–water partition coefficient (Wildman–Crippen LogP) is 4.03. The van der Waals surface area contributed by atoms with Crippen LogP contribution < -0.4 is 10.6 Å². The fourth-order valence-electron chi connectivity index (χ4n) is 2.82. The van der Waals surface area contributed by atoms with E-state index in [1.165, 1.54) is 16.9 Å². The number of nitrogens with one attached hydrogen (secondary N) is 2. The van der Waals surface area contributed by atoms with Crippen molar-refractivity contribution in [1.29, 1.82) is 0 Å². The van der Waals surface area contributed by atoms with Crippen LogP contribution in [0.4, 0.5) is 5.69 Å². The Morgan fingerprint density at radius 3 is 2.32 bits per heavy atom. The topological polar surface area (TPSA) is 71.1 Å². The number of aromatic nitrogens is 1. The lowest BCUT2D eigenvalue weighted by atomic mass is 10.1. The summed E-state index contributed by atoms with van der Waals surface area (Å²) >= 11 is 1.51. The molecule has 3 aromatic rings. The number of nitrogens with zero attached hydrogens (tertiary/aromatic N) is 1. The SMILES string of the molecule is Cc1ccc(-c2nc(CC(=O)NCC(=O)Nc3c(C)cccc3C)cs2)cc1. The van der Waals surface area contributed by atoms with Crippen molar-refractivity contribution in [2.24, 2.45) is 0 Å². The first-order chi connectivity index (χ1) is 13.4. The van der Waals surface area contributed by atoms with E-state index in [2.05, 4.69) is 15.6 Å². The van der Waals surface area contributed by atoms with Crippen LogP contribution in [-0.2, 0) is 16.0 Å². The molecule has 0 bridgehead atoms. The molecule has 0 radical (unpaired) electrons. The molecule has 2 aromatic carbocycles. The van der Waals surface area contributed by atoms with Gasteiger partial charge in [0.15, 0.2) is 0 Å². The van der Waals surface area contributed by atoms with Gasteiger partial charge in [-0.15, -0.1) is 11.3 Å². The molecule has 0 aliphatic rings. The van der Waals surface area contributed by atoms with Crippen molar-refractivity contribution < 1.29 is 9.59 Å². The molecule has 2 N–H and O–H groups in total. The summed E-state index contributed by atoms with van der Waals surface area (Å²) in [5.41, 5.74) is 5.71. The minimum Gasteiger partial charge on any atom is -0.347 e. The van der Waals surface area contributed by atoms with Gasteiger partial charge in [-0.3, -0.25) is 9.59 Å². The van der Waals surface area contributed by atoms with Gasteiger partial charge in [-0.2, -0.15) is 0 Å². The van der Waals surface area contributed by atoms with Crippen molar-refractivity contribution in [2.75, 3.05) is 11.9 Å². The normalized spacial score (nSPS) is 10.5. The summed E-state index contributed by atoms with van der Waals surface area (Å²) in [6, 6.07) is 14.0. The zero-order valence-electron chi connectivity index (χ0n) is 16.2. The highest BCUT2D eigenvalue weighted by Gasteiger charge is 2.12. The minimum absolute atomic E-state index is 0.0679. The Hall–Kier alpha value is -2.99. The van der Waals surface area contributed by atoms with Crippen LogP contribution in [0.15, 0.2) is 47.8 Å². The van der Waals surface area contributed by atoms with Crippen LogP contribution in [0.3, 0.4) is 0 Å². The highest BCUT2D eigenvalue weighted by atomic mass is 32.1. The van der Waals surface area contributed by atoms with Gasteiger partial charge in [0, 0.05) is 16.6 Å². The summed E-state index contributed by atoms with van der Waals surface area (Å²) < 4.78 is 0. The van der Waals surface area contributed by atoms with Crippen molar-refractivity contribution in [1.82, 2.24) is 10.3 Å². The van der Waals surface area contributed by atoms with Crippen molar-refractivity contribution in [3.8, 4) is 10.6 Å². The molecule has 1 aromatic heterocycles. The summed E-state index contributed by atoms with van der Waals surface area (Å²) in [5, 5.41) is 8.29. The zero-order valence-corrected chi connectivity index (χ0v) is 17.0. The third-order valence-electron chi connectivity index (χ3n) is 4.38. The van der Waals surface area contributed by atoms with E-state index in [-0.39, 0.29) is 24.8 Å². The lowest BCUT2D eigenvalue weighted by molar-refractivity contribution is -0.123. The predicted molar refractivity (Wildman–Crippen MR) is 114 cm³/mol. The van der Waals surface area contributed by atoms with E-state index >= 15 is 0 Å². The molecule has 0 aliphatic heterocycles. The van der Waals surface area contributed by atoms with Crippen LogP contribution in [0.5, 0.6) is 0 Å². The molecule has 3 rings (SSSR count). The van der Waals surface area contributed by atoms with Crippen LogP contribution >= 0.6 is 11.3 Å². The highest BCUT2D eigenvalue weighted by molar-refractivity contribution is 7.13. The van der Waals surface area contributed by atoms with E-state index in [9.17, 15) is 9.59 Å². The van der Waals surface area contributed by atoms with Crippen molar-refractivity contribution in [2.45, 2.75) is 27.2 Å². The summed E-state index contributed by atoms with van der Waals surface area (Å²) in [5.74, 6) is -0.471. The fourth-order valence-corrected chi connectivity index (χ4v) is 3.64. The summed E-state index contributed by atoms with van der Waals surface area (Å²) in [4.78, 5) is 28.8. The molecule has 6 heteroatoms. The van der Waals surface area contributed by atoms with Crippen LogP contribution in [-0.4, -0.2) is 23.3 Å². The number of hydrogen-bond donors (Lipinski definition) is 2. The van der Waals surface area contributed by atoms with Gasteiger partial charge in [0.2, 0.25) is 11.8 Å². The summed E-state index contributed by atoms with van der Waals surface area (Å²) in [7, 11) is 0. The van der Waals surface area contributed by atoms with E-state index < -0.39 is 0 Å². The quantitative estimate of drug-likeness (QED) is 0.664. The van der Waals surface area contributed by atoms with E-state index in [1.54, 1.807) is 0 Å². The molecule has 2 amide bonds. The Morgan fingerprint density at radius 1 is 0.964 bits per heavy atom.